The van der Waals surface area contributed by atoms with Crippen LogP contribution in [0.1, 0.15) is 13.3 Å². The predicted octanol–water partition coefficient (Wildman–Crippen LogP) is 0.160. The number of nitrogens with one attached hydrogen (secondary N) is 1. The van der Waals surface area contributed by atoms with E-state index < -0.39 is 12.4 Å². The zero-order chi connectivity index (χ0) is 13.1. The van der Waals surface area contributed by atoms with Crippen molar-refractivity contribution < 1.29 is 19.1 Å². The average molecular weight is 256 g/mol. The fraction of sp³-hybridized carbons (Fsp3) is 0.700. The van der Waals surface area contributed by atoms with Crippen LogP contribution in [0.4, 0.5) is 9.59 Å². The van der Waals surface area contributed by atoms with E-state index in [-0.39, 0.29) is 6.03 Å². The fourth-order valence-electron chi connectivity index (χ4n) is 1.96. The van der Waals surface area contributed by atoms with Crippen LogP contribution < -0.4 is 5.43 Å². The van der Waals surface area contributed by atoms with Crippen LogP contribution in [0.15, 0.2) is 5.10 Å². The number of methoxy groups -OCH3 is 1. The van der Waals surface area contributed by atoms with Crippen LogP contribution in [0.5, 0.6) is 0 Å². The molecule has 0 aromatic rings. The summed E-state index contributed by atoms with van der Waals surface area (Å²) in [5.74, 6) is 0.588. The molecule has 2 heterocycles. The number of ether oxygens (including phenoxy) is 2. The van der Waals surface area contributed by atoms with Crippen molar-refractivity contribution in [3.63, 3.8) is 0 Å². The van der Waals surface area contributed by atoms with E-state index in [4.69, 9.17) is 4.74 Å². The second kappa shape index (κ2) is 5.11. The average Bonchev–Trinajstić information content (AvgIpc) is 2.97. The van der Waals surface area contributed by atoms with Crippen LogP contribution in [0.3, 0.4) is 0 Å². The first-order chi connectivity index (χ1) is 8.67. The Morgan fingerprint density at radius 3 is 2.94 bits per heavy atom. The summed E-state index contributed by atoms with van der Waals surface area (Å²) in [7, 11) is 1.23. The van der Waals surface area contributed by atoms with E-state index in [2.05, 4.69) is 15.3 Å². The van der Waals surface area contributed by atoms with Crippen molar-refractivity contribution in [2.75, 3.05) is 26.7 Å². The minimum atomic E-state index is -0.803. The molecule has 1 unspecified atom stereocenters. The molecule has 0 aliphatic carbocycles. The number of rotatable bonds is 2. The van der Waals surface area contributed by atoms with E-state index in [1.165, 1.54) is 12.0 Å². The van der Waals surface area contributed by atoms with Gasteiger partial charge in [-0.3, -0.25) is 0 Å². The van der Waals surface area contributed by atoms with Crippen LogP contribution in [-0.4, -0.2) is 60.8 Å². The monoisotopic (exact) mass is 256 g/mol. The quantitative estimate of drug-likeness (QED) is 0.711. The van der Waals surface area contributed by atoms with Gasteiger partial charge in [0.05, 0.1) is 13.7 Å². The molecule has 0 bridgehead atoms. The van der Waals surface area contributed by atoms with Crippen LogP contribution in [-0.2, 0) is 9.47 Å². The lowest BCUT2D eigenvalue weighted by molar-refractivity contribution is 0.0103. The Morgan fingerprint density at radius 1 is 1.61 bits per heavy atom. The van der Waals surface area contributed by atoms with Gasteiger partial charge < -0.3 is 19.8 Å². The number of nitrogens with zero attached hydrogens (tertiary/aromatic N) is 3. The molecule has 2 aliphatic rings. The molecule has 0 radical (unpaired) electrons. The number of amidine groups is 1. The summed E-state index contributed by atoms with van der Waals surface area (Å²) in [5.41, 5.74) is 2.79. The smallest absolute Gasteiger partial charge is 0.438 e. The molecule has 0 aromatic carbocycles. The minimum absolute atomic E-state index is 0.200. The van der Waals surface area contributed by atoms with Gasteiger partial charge in [-0.15, -0.1) is 0 Å². The molecule has 1 fully saturated rings. The maximum absolute atomic E-state index is 12.1. The molecule has 18 heavy (non-hydrogen) atoms. The first-order valence-electron chi connectivity index (χ1n) is 5.79. The molecule has 8 nitrogen and oxygen atoms in total. The van der Waals surface area contributed by atoms with E-state index in [0.29, 0.717) is 31.9 Å². The van der Waals surface area contributed by atoms with Crippen molar-refractivity contribution in [3.8, 4) is 0 Å². The highest BCUT2D eigenvalue weighted by atomic mass is 16.7. The highest BCUT2D eigenvalue weighted by Crippen LogP contribution is 2.20. The van der Waals surface area contributed by atoms with Gasteiger partial charge in [-0.25, -0.2) is 14.5 Å². The van der Waals surface area contributed by atoms with Crippen LogP contribution in [0.2, 0.25) is 0 Å². The van der Waals surface area contributed by atoms with E-state index in [1.54, 1.807) is 4.90 Å². The summed E-state index contributed by atoms with van der Waals surface area (Å²) in [4.78, 5) is 26.3. The van der Waals surface area contributed by atoms with Crippen molar-refractivity contribution in [2.45, 2.75) is 19.6 Å². The number of amides is 2. The summed E-state index contributed by atoms with van der Waals surface area (Å²) in [5, 5.41) is 4.03. The molecule has 1 N–H and O–H groups in total. The summed E-state index contributed by atoms with van der Waals surface area (Å²) >= 11 is 0. The molecule has 0 spiro atoms. The number of hydrogen-bond donors (Lipinski definition) is 1. The fourth-order valence-corrected chi connectivity index (χ4v) is 1.96. The van der Waals surface area contributed by atoms with Gasteiger partial charge in [-0.1, -0.05) is 0 Å². The van der Waals surface area contributed by atoms with Gasteiger partial charge in [0.25, 0.3) is 0 Å². The molecule has 2 aliphatic heterocycles. The number of hydrogen-bond acceptors (Lipinski definition) is 6. The molecule has 2 rings (SSSR count). The molecule has 8 heteroatoms. The van der Waals surface area contributed by atoms with E-state index >= 15 is 0 Å². The Labute approximate surface area is 104 Å². The topological polar surface area (TPSA) is 83.5 Å². The molecule has 2 amide bonds. The zero-order valence-corrected chi connectivity index (χ0v) is 10.4. The van der Waals surface area contributed by atoms with Gasteiger partial charge in [-0.05, 0) is 6.92 Å². The highest BCUT2D eigenvalue weighted by Gasteiger charge is 2.42. The molecule has 100 valence electrons. The number of urea groups is 1. The zero-order valence-electron chi connectivity index (χ0n) is 10.4. The second-order valence-corrected chi connectivity index (χ2v) is 3.90. The van der Waals surface area contributed by atoms with Crippen LogP contribution in [0, 0.1) is 0 Å². The first kappa shape index (κ1) is 12.5. The number of carbonyl (C=O) groups is 2. The maximum atomic E-state index is 12.1. The summed E-state index contributed by atoms with van der Waals surface area (Å²) in [6.45, 7) is 3.42. The van der Waals surface area contributed by atoms with Gasteiger partial charge >= 0.3 is 12.2 Å². The van der Waals surface area contributed by atoms with Crippen molar-refractivity contribution in [2.24, 2.45) is 5.10 Å². The molecule has 0 aromatic heterocycles. The van der Waals surface area contributed by atoms with Gasteiger partial charge in [0, 0.05) is 19.5 Å². The molecule has 0 saturated carbocycles. The second-order valence-electron chi connectivity index (χ2n) is 3.90. The van der Waals surface area contributed by atoms with Crippen LogP contribution >= 0.6 is 0 Å². The van der Waals surface area contributed by atoms with Gasteiger partial charge in [0.1, 0.15) is 5.84 Å². The standard InChI is InChI=1S/C10H16N4O4/c1-3-13-6-8(18-10(16)17-2)14(9(13)15)7-4-5-11-12-7/h8,11H,3-6H2,1-2H3. The molecule has 1 saturated heterocycles. The van der Waals surface area contributed by atoms with Crippen molar-refractivity contribution >= 4 is 18.0 Å². The Bertz CT molecular complexity index is 384. The van der Waals surface area contributed by atoms with Gasteiger partial charge in [-0.2, -0.15) is 5.10 Å². The molecular weight excluding hydrogens is 240 g/mol. The lowest BCUT2D eigenvalue weighted by Crippen LogP contribution is -2.41. The summed E-state index contributed by atoms with van der Waals surface area (Å²) < 4.78 is 9.54. The van der Waals surface area contributed by atoms with Crippen molar-refractivity contribution in [1.82, 2.24) is 15.2 Å². The third kappa shape index (κ3) is 2.18. The number of carbonyl (C=O) groups excluding carboxylic acids is 2. The lowest BCUT2D eigenvalue weighted by Gasteiger charge is -2.21. The minimum Gasteiger partial charge on any atom is -0.438 e. The largest absolute Gasteiger partial charge is 0.510 e. The van der Waals surface area contributed by atoms with Crippen LogP contribution in [0.25, 0.3) is 0 Å². The lowest BCUT2D eigenvalue weighted by atomic mass is 10.3. The highest BCUT2D eigenvalue weighted by molar-refractivity contribution is 5.99. The first-order valence-corrected chi connectivity index (χ1v) is 5.79. The molecular formula is C10H16N4O4. The van der Waals surface area contributed by atoms with Crippen molar-refractivity contribution in [1.29, 1.82) is 0 Å². The summed E-state index contributed by atoms with van der Waals surface area (Å²) in [6.07, 6.45) is -0.851. The van der Waals surface area contributed by atoms with E-state index in [1.807, 2.05) is 6.92 Å². The Balaban J connectivity index is 2.15. The normalized spacial score (nSPS) is 22.9. The SMILES string of the molecule is CCN1CC(OC(=O)OC)N(C2=NNCC2)C1=O. The Morgan fingerprint density at radius 2 is 2.39 bits per heavy atom. The van der Waals surface area contributed by atoms with E-state index in [0.717, 1.165) is 0 Å². The number of likely N-dealkylation sites (N-methyl/N-ethyl adjacent to an activating group) is 1. The van der Waals surface area contributed by atoms with E-state index in [9.17, 15) is 9.59 Å². The number of hydrazone groups is 1. The molecule has 1 atom stereocenters. The third-order valence-corrected chi connectivity index (χ3v) is 2.87. The Kier molecular flexibility index (Phi) is 3.54. The third-order valence-electron chi connectivity index (χ3n) is 2.87. The predicted molar refractivity (Wildman–Crippen MR) is 61.8 cm³/mol. The Hall–Kier alpha value is -1.99. The van der Waals surface area contributed by atoms with Crippen molar-refractivity contribution in [3.05, 3.63) is 0 Å². The van der Waals surface area contributed by atoms with Gasteiger partial charge in [0.15, 0.2) is 0 Å². The summed E-state index contributed by atoms with van der Waals surface area (Å²) in [6, 6.07) is -0.200. The van der Waals surface area contributed by atoms with Gasteiger partial charge in [0.2, 0.25) is 6.23 Å². The maximum Gasteiger partial charge on any atom is 0.510 e.